The minimum atomic E-state index is 0.306. The van der Waals surface area contributed by atoms with Crippen LogP contribution in [0.2, 0.25) is 0 Å². The van der Waals surface area contributed by atoms with Crippen molar-refractivity contribution in [3.8, 4) is 0 Å². The summed E-state index contributed by atoms with van der Waals surface area (Å²) < 4.78 is 0. The standard InChI is InChI=1S/C10H20N4/c1-14-6-4-8(5-7-14)9(11)2-3-10(12)13/h2-3,8H,4-7,11-13H2,1H3/b9-2-. The zero-order valence-corrected chi connectivity index (χ0v) is 8.74. The number of allylic oxidation sites excluding steroid dienone is 3. The fourth-order valence-corrected chi connectivity index (χ4v) is 1.67. The lowest BCUT2D eigenvalue weighted by Crippen LogP contribution is -2.32. The molecule has 0 aromatic rings. The van der Waals surface area contributed by atoms with Gasteiger partial charge in [0.15, 0.2) is 0 Å². The molecular weight excluding hydrogens is 176 g/mol. The maximum Gasteiger partial charge on any atom is 0.0934 e. The first kappa shape index (κ1) is 10.9. The summed E-state index contributed by atoms with van der Waals surface area (Å²) in [6, 6.07) is 0. The van der Waals surface area contributed by atoms with Gasteiger partial charge >= 0.3 is 0 Å². The summed E-state index contributed by atoms with van der Waals surface area (Å²) in [4.78, 5) is 2.32. The van der Waals surface area contributed by atoms with E-state index >= 15 is 0 Å². The van der Waals surface area contributed by atoms with E-state index in [4.69, 9.17) is 17.2 Å². The molecule has 0 saturated carbocycles. The van der Waals surface area contributed by atoms with Crippen molar-refractivity contribution in [1.29, 1.82) is 0 Å². The van der Waals surface area contributed by atoms with Crippen LogP contribution in [0.15, 0.2) is 23.7 Å². The minimum Gasteiger partial charge on any atom is -0.402 e. The highest BCUT2D eigenvalue weighted by Crippen LogP contribution is 2.20. The Bertz CT molecular complexity index is 233. The summed E-state index contributed by atoms with van der Waals surface area (Å²) in [5, 5.41) is 0. The molecule has 1 saturated heterocycles. The smallest absolute Gasteiger partial charge is 0.0934 e. The summed E-state index contributed by atoms with van der Waals surface area (Å²) >= 11 is 0. The largest absolute Gasteiger partial charge is 0.402 e. The topological polar surface area (TPSA) is 81.3 Å². The number of piperidine rings is 1. The summed E-state index contributed by atoms with van der Waals surface area (Å²) in [5.74, 6) is 0.794. The van der Waals surface area contributed by atoms with Crippen LogP contribution in [0.3, 0.4) is 0 Å². The van der Waals surface area contributed by atoms with Crippen molar-refractivity contribution >= 4 is 0 Å². The summed E-state index contributed by atoms with van der Waals surface area (Å²) in [6.45, 7) is 2.22. The van der Waals surface area contributed by atoms with Gasteiger partial charge in [0.2, 0.25) is 0 Å². The summed E-state index contributed by atoms with van der Waals surface area (Å²) in [5.41, 5.74) is 17.5. The average molecular weight is 196 g/mol. The molecule has 0 spiro atoms. The van der Waals surface area contributed by atoms with E-state index in [-0.39, 0.29) is 0 Å². The minimum absolute atomic E-state index is 0.306. The molecule has 6 N–H and O–H groups in total. The van der Waals surface area contributed by atoms with E-state index in [1.54, 1.807) is 6.08 Å². The molecule has 1 aliphatic heterocycles. The summed E-state index contributed by atoms with van der Waals surface area (Å²) in [7, 11) is 2.13. The highest BCUT2D eigenvalue weighted by atomic mass is 15.1. The van der Waals surface area contributed by atoms with Crippen LogP contribution >= 0.6 is 0 Å². The quantitative estimate of drug-likeness (QED) is 0.540. The molecule has 1 heterocycles. The predicted octanol–water partition coefficient (Wildman–Crippen LogP) is -0.0704. The molecule has 1 aliphatic rings. The van der Waals surface area contributed by atoms with Crippen LogP contribution in [-0.2, 0) is 0 Å². The van der Waals surface area contributed by atoms with E-state index in [1.165, 1.54) is 0 Å². The van der Waals surface area contributed by atoms with Gasteiger partial charge in [-0.05, 0) is 45.1 Å². The number of rotatable bonds is 2. The van der Waals surface area contributed by atoms with E-state index in [1.807, 2.05) is 6.08 Å². The Labute approximate surface area is 85.4 Å². The molecule has 0 amide bonds. The molecule has 14 heavy (non-hydrogen) atoms. The highest BCUT2D eigenvalue weighted by Gasteiger charge is 2.17. The van der Waals surface area contributed by atoms with Gasteiger partial charge in [-0.2, -0.15) is 0 Å². The fraction of sp³-hybridized carbons (Fsp3) is 0.600. The van der Waals surface area contributed by atoms with Gasteiger partial charge in [0.05, 0.1) is 5.82 Å². The van der Waals surface area contributed by atoms with Crippen LogP contribution < -0.4 is 17.2 Å². The second-order valence-electron chi connectivity index (χ2n) is 3.91. The van der Waals surface area contributed by atoms with Crippen LogP contribution in [0, 0.1) is 5.92 Å². The van der Waals surface area contributed by atoms with Gasteiger partial charge in [-0.15, -0.1) is 0 Å². The second-order valence-corrected chi connectivity index (χ2v) is 3.91. The molecule has 1 rings (SSSR count). The third kappa shape index (κ3) is 3.30. The monoisotopic (exact) mass is 196 g/mol. The van der Waals surface area contributed by atoms with Crippen molar-refractivity contribution in [2.24, 2.45) is 23.1 Å². The zero-order chi connectivity index (χ0) is 10.6. The first-order valence-electron chi connectivity index (χ1n) is 4.96. The van der Waals surface area contributed by atoms with E-state index in [9.17, 15) is 0 Å². The number of nitrogens with zero attached hydrogens (tertiary/aromatic N) is 1. The van der Waals surface area contributed by atoms with Crippen LogP contribution in [-0.4, -0.2) is 25.0 Å². The third-order valence-electron chi connectivity index (χ3n) is 2.66. The van der Waals surface area contributed by atoms with Gasteiger partial charge in [-0.25, -0.2) is 0 Å². The third-order valence-corrected chi connectivity index (χ3v) is 2.66. The van der Waals surface area contributed by atoms with Gasteiger partial charge in [-0.3, -0.25) is 0 Å². The van der Waals surface area contributed by atoms with E-state index < -0.39 is 0 Å². The normalized spacial score (nSPS) is 20.8. The van der Waals surface area contributed by atoms with E-state index in [0.717, 1.165) is 31.6 Å². The Morgan fingerprint density at radius 1 is 1.14 bits per heavy atom. The van der Waals surface area contributed by atoms with Gasteiger partial charge in [0, 0.05) is 11.6 Å². The Hall–Kier alpha value is -1.16. The van der Waals surface area contributed by atoms with Crippen molar-refractivity contribution in [2.75, 3.05) is 20.1 Å². The molecule has 1 fully saturated rings. The van der Waals surface area contributed by atoms with Crippen LogP contribution in [0.25, 0.3) is 0 Å². The molecule has 0 atom stereocenters. The van der Waals surface area contributed by atoms with Gasteiger partial charge < -0.3 is 22.1 Å². The molecule has 0 aliphatic carbocycles. The molecule has 0 unspecified atom stereocenters. The molecule has 4 heteroatoms. The molecule has 0 aromatic carbocycles. The van der Waals surface area contributed by atoms with Crippen LogP contribution in [0.5, 0.6) is 0 Å². The molecule has 0 bridgehead atoms. The first-order valence-corrected chi connectivity index (χ1v) is 4.96. The number of hydrogen-bond donors (Lipinski definition) is 3. The zero-order valence-electron chi connectivity index (χ0n) is 8.74. The van der Waals surface area contributed by atoms with Crippen LogP contribution in [0.4, 0.5) is 0 Å². The van der Waals surface area contributed by atoms with E-state index in [0.29, 0.717) is 11.7 Å². The van der Waals surface area contributed by atoms with Gasteiger partial charge in [0.1, 0.15) is 0 Å². The maximum absolute atomic E-state index is 5.93. The molecular formula is C10H20N4. The van der Waals surface area contributed by atoms with Crippen molar-refractivity contribution in [3.63, 3.8) is 0 Å². The Kier molecular flexibility index (Phi) is 3.83. The second kappa shape index (κ2) is 4.91. The van der Waals surface area contributed by atoms with Gasteiger partial charge in [-0.1, -0.05) is 0 Å². The Balaban J connectivity index is 2.49. The van der Waals surface area contributed by atoms with Crippen molar-refractivity contribution in [3.05, 3.63) is 23.7 Å². The lowest BCUT2D eigenvalue weighted by atomic mass is 9.94. The summed E-state index contributed by atoms with van der Waals surface area (Å²) in [6.07, 6.45) is 5.73. The van der Waals surface area contributed by atoms with Crippen LogP contribution in [0.1, 0.15) is 12.8 Å². The van der Waals surface area contributed by atoms with Crippen molar-refractivity contribution in [1.82, 2.24) is 4.90 Å². The Morgan fingerprint density at radius 3 is 2.21 bits per heavy atom. The number of nitrogens with two attached hydrogens (primary N) is 3. The van der Waals surface area contributed by atoms with Crippen molar-refractivity contribution in [2.45, 2.75) is 12.8 Å². The predicted molar refractivity (Wildman–Crippen MR) is 58.9 cm³/mol. The molecule has 0 radical (unpaired) electrons. The van der Waals surface area contributed by atoms with E-state index in [2.05, 4.69) is 11.9 Å². The lowest BCUT2D eigenvalue weighted by molar-refractivity contribution is 0.237. The number of likely N-dealkylation sites (tertiary alicyclic amines) is 1. The average Bonchev–Trinajstić information content (AvgIpc) is 2.15. The SMILES string of the molecule is CN1CCC(/C(N)=C/C=C(N)N)CC1. The maximum atomic E-state index is 5.93. The lowest BCUT2D eigenvalue weighted by Gasteiger charge is -2.29. The highest BCUT2D eigenvalue weighted by molar-refractivity contribution is 5.15. The molecule has 0 aromatic heterocycles. The Morgan fingerprint density at radius 2 is 1.71 bits per heavy atom. The molecule has 80 valence electrons. The van der Waals surface area contributed by atoms with Crippen molar-refractivity contribution < 1.29 is 0 Å². The van der Waals surface area contributed by atoms with Gasteiger partial charge in [0.25, 0.3) is 0 Å². The molecule has 4 nitrogen and oxygen atoms in total. The first-order chi connectivity index (χ1) is 6.59. The number of hydrogen-bond acceptors (Lipinski definition) is 4. The fourth-order valence-electron chi connectivity index (χ4n) is 1.67.